The molecule has 17 heavy (non-hydrogen) atoms. The highest BCUT2D eigenvalue weighted by Crippen LogP contribution is 2.24. The SMILES string of the molecule is CCCCc1cc2cc(NS(=O)[O-])ccc2o1. The van der Waals surface area contributed by atoms with E-state index in [9.17, 15) is 8.76 Å². The van der Waals surface area contributed by atoms with Crippen LogP contribution in [0.3, 0.4) is 0 Å². The summed E-state index contributed by atoms with van der Waals surface area (Å²) in [5.41, 5.74) is 1.34. The number of furan rings is 1. The van der Waals surface area contributed by atoms with Crippen molar-refractivity contribution < 1.29 is 13.2 Å². The number of hydrogen-bond donors (Lipinski definition) is 1. The molecule has 0 aliphatic heterocycles. The molecule has 1 aromatic heterocycles. The van der Waals surface area contributed by atoms with Crippen LogP contribution in [0, 0.1) is 0 Å². The number of aryl methyl sites for hydroxylation is 1. The smallest absolute Gasteiger partial charge is 0.134 e. The average molecular weight is 252 g/mol. The minimum atomic E-state index is -2.29. The molecular formula is C12H14NO3S-. The Morgan fingerprint density at radius 3 is 2.94 bits per heavy atom. The number of anilines is 1. The van der Waals surface area contributed by atoms with E-state index in [1.165, 1.54) is 0 Å². The van der Waals surface area contributed by atoms with Crippen LogP contribution in [0.2, 0.25) is 0 Å². The van der Waals surface area contributed by atoms with E-state index in [-0.39, 0.29) is 0 Å². The van der Waals surface area contributed by atoms with Crippen LogP contribution < -0.4 is 4.72 Å². The second-order valence-corrected chi connectivity index (χ2v) is 4.58. The Morgan fingerprint density at radius 2 is 2.24 bits per heavy atom. The van der Waals surface area contributed by atoms with E-state index >= 15 is 0 Å². The summed E-state index contributed by atoms with van der Waals surface area (Å²) in [4.78, 5) is 0. The van der Waals surface area contributed by atoms with Crippen LogP contribution in [-0.4, -0.2) is 8.76 Å². The summed E-state index contributed by atoms with van der Waals surface area (Å²) in [6.07, 6.45) is 3.13. The number of benzene rings is 1. The number of rotatable bonds is 5. The van der Waals surface area contributed by atoms with Crippen molar-refractivity contribution in [2.75, 3.05) is 4.72 Å². The van der Waals surface area contributed by atoms with Crippen molar-refractivity contribution in [3.63, 3.8) is 0 Å². The van der Waals surface area contributed by atoms with Crippen LogP contribution in [-0.2, 0) is 17.7 Å². The molecule has 1 unspecified atom stereocenters. The van der Waals surface area contributed by atoms with Gasteiger partial charge in [-0.3, -0.25) is 4.21 Å². The van der Waals surface area contributed by atoms with Crippen molar-refractivity contribution in [2.45, 2.75) is 26.2 Å². The van der Waals surface area contributed by atoms with Gasteiger partial charge in [0.1, 0.15) is 11.3 Å². The summed E-state index contributed by atoms with van der Waals surface area (Å²) in [6.45, 7) is 2.13. The van der Waals surface area contributed by atoms with Crippen molar-refractivity contribution in [3.8, 4) is 0 Å². The molecule has 0 radical (unpaired) electrons. The molecule has 0 aliphatic rings. The van der Waals surface area contributed by atoms with Crippen LogP contribution >= 0.6 is 0 Å². The summed E-state index contributed by atoms with van der Waals surface area (Å²) < 4.78 is 29.0. The molecule has 0 saturated carbocycles. The third-order valence-corrected chi connectivity index (χ3v) is 2.95. The van der Waals surface area contributed by atoms with E-state index in [0.717, 1.165) is 36.0 Å². The minimum Gasteiger partial charge on any atom is -0.755 e. The maximum Gasteiger partial charge on any atom is 0.134 e. The highest BCUT2D eigenvalue weighted by atomic mass is 32.2. The monoisotopic (exact) mass is 252 g/mol. The largest absolute Gasteiger partial charge is 0.755 e. The standard InChI is InChI=1S/C12H15NO3S/c1-2-3-4-11-8-9-7-10(13-17(14)15)5-6-12(9)16-11/h5-8,13H,2-4H2,1H3,(H,14,15)/p-1. The Morgan fingerprint density at radius 1 is 1.41 bits per heavy atom. The Labute approximate surface area is 102 Å². The van der Waals surface area contributed by atoms with Crippen molar-refractivity contribution in [1.29, 1.82) is 0 Å². The van der Waals surface area contributed by atoms with Crippen LogP contribution in [0.4, 0.5) is 5.69 Å². The van der Waals surface area contributed by atoms with Gasteiger partial charge in [-0.15, -0.1) is 0 Å². The van der Waals surface area contributed by atoms with E-state index in [4.69, 9.17) is 4.42 Å². The van der Waals surface area contributed by atoms with Crippen LogP contribution in [0.5, 0.6) is 0 Å². The van der Waals surface area contributed by atoms with Gasteiger partial charge in [-0.05, 0) is 30.7 Å². The topological polar surface area (TPSA) is 65.3 Å². The number of hydrogen-bond acceptors (Lipinski definition) is 3. The fraction of sp³-hybridized carbons (Fsp3) is 0.333. The Kier molecular flexibility index (Phi) is 3.81. The zero-order chi connectivity index (χ0) is 12.3. The third kappa shape index (κ3) is 3.08. The van der Waals surface area contributed by atoms with Crippen LogP contribution in [0.15, 0.2) is 28.7 Å². The fourth-order valence-electron chi connectivity index (χ4n) is 1.73. The molecule has 0 fully saturated rings. The summed E-state index contributed by atoms with van der Waals surface area (Å²) in [6, 6.07) is 7.19. The molecule has 2 rings (SSSR count). The zero-order valence-corrected chi connectivity index (χ0v) is 10.4. The second-order valence-electron chi connectivity index (χ2n) is 3.91. The molecule has 5 heteroatoms. The van der Waals surface area contributed by atoms with Crippen LogP contribution in [0.25, 0.3) is 11.0 Å². The van der Waals surface area contributed by atoms with Gasteiger partial charge >= 0.3 is 0 Å². The van der Waals surface area contributed by atoms with Gasteiger partial charge in [0, 0.05) is 28.8 Å². The first-order valence-corrected chi connectivity index (χ1v) is 6.65. The van der Waals surface area contributed by atoms with Crippen LogP contribution in [0.1, 0.15) is 25.5 Å². The molecule has 1 heterocycles. The number of nitrogens with one attached hydrogen (secondary N) is 1. The molecule has 1 aromatic carbocycles. The lowest BCUT2D eigenvalue weighted by Gasteiger charge is -2.07. The van der Waals surface area contributed by atoms with E-state index in [2.05, 4.69) is 11.6 Å². The third-order valence-electron chi connectivity index (χ3n) is 2.55. The Bertz CT molecular complexity index is 536. The first kappa shape index (κ1) is 12.1. The van der Waals surface area contributed by atoms with Gasteiger partial charge in [-0.2, -0.15) is 0 Å². The van der Waals surface area contributed by atoms with Crippen molar-refractivity contribution >= 4 is 27.9 Å². The van der Waals surface area contributed by atoms with Gasteiger partial charge in [0.05, 0.1) is 0 Å². The molecule has 0 spiro atoms. The van der Waals surface area contributed by atoms with Gasteiger partial charge in [0.15, 0.2) is 0 Å². The average Bonchev–Trinajstić information content (AvgIpc) is 2.67. The first-order valence-electron chi connectivity index (χ1n) is 5.57. The molecule has 1 atom stereocenters. The predicted molar refractivity (Wildman–Crippen MR) is 67.4 cm³/mol. The molecule has 0 amide bonds. The number of fused-ring (bicyclic) bond motifs is 1. The zero-order valence-electron chi connectivity index (χ0n) is 9.56. The molecular weight excluding hydrogens is 238 g/mol. The second kappa shape index (κ2) is 5.33. The summed E-state index contributed by atoms with van der Waals surface area (Å²) in [5.74, 6) is 0.947. The van der Waals surface area contributed by atoms with Gasteiger partial charge in [0.25, 0.3) is 0 Å². The van der Waals surface area contributed by atoms with Gasteiger partial charge in [-0.25, -0.2) is 0 Å². The van der Waals surface area contributed by atoms with E-state index in [1.807, 2.05) is 6.07 Å². The molecule has 0 bridgehead atoms. The first-order chi connectivity index (χ1) is 8.19. The lowest BCUT2D eigenvalue weighted by Crippen LogP contribution is -2.01. The Balaban J connectivity index is 2.24. The summed E-state index contributed by atoms with van der Waals surface area (Å²) >= 11 is -2.29. The maximum absolute atomic E-state index is 10.5. The van der Waals surface area contributed by atoms with Crippen molar-refractivity contribution in [3.05, 3.63) is 30.0 Å². The van der Waals surface area contributed by atoms with Gasteiger partial charge in [0.2, 0.25) is 0 Å². The molecule has 4 nitrogen and oxygen atoms in total. The Hall–Kier alpha value is -1.33. The summed E-state index contributed by atoms with van der Waals surface area (Å²) in [5, 5.41) is 0.923. The molecule has 0 aliphatic carbocycles. The van der Waals surface area contributed by atoms with E-state index in [0.29, 0.717) is 5.69 Å². The predicted octanol–water partition coefficient (Wildman–Crippen LogP) is 2.98. The number of unbranched alkanes of at least 4 members (excludes halogenated alkanes) is 1. The fourth-order valence-corrected chi connectivity index (χ4v) is 2.05. The molecule has 0 saturated heterocycles. The minimum absolute atomic E-state index is 0.550. The lowest BCUT2D eigenvalue weighted by molar-refractivity contribution is 0.536. The highest BCUT2D eigenvalue weighted by molar-refractivity contribution is 7.80. The van der Waals surface area contributed by atoms with Crippen molar-refractivity contribution in [1.82, 2.24) is 0 Å². The molecule has 2 aromatic rings. The van der Waals surface area contributed by atoms with E-state index in [1.54, 1.807) is 18.2 Å². The molecule has 92 valence electrons. The van der Waals surface area contributed by atoms with E-state index < -0.39 is 11.3 Å². The maximum atomic E-state index is 10.5. The molecule has 1 N–H and O–H groups in total. The highest BCUT2D eigenvalue weighted by Gasteiger charge is 2.04. The lowest BCUT2D eigenvalue weighted by atomic mass is 10.2. The van der Waals surface area contributed by atoms with Crippen molar-refractivity contribution in [2.24, 2.45) is 0 Å². The van der Waals surface area contributed by atoms with Gasteiger partial charge in [-0.1, -0.05) is 13.3 Å². The summed E-state index contributed by atoms with van der Waals surface area (Å²) in [7, 11) is 0. The quantitative estimate of drug-likeness (QED) is 0.832. The van der Waals surface area contributed by atoms with Gasteiger partial charge < -0.3 is 13.7 Å². The normalized spacial score (nSPS) is 12.8.